The van der Waals surface area contributed by atoms with Crippen LogP contribution in [0.4, 0.5) is 0 Å². The van der Waals surface area contributed by atoms with Gasteiger partial charge in [-0.1, -0.05) is 12.2 Å². The number of rotatable bonds is 5. The van der Waals surface area contributed by atoms with Gasteiger partial charge in [-0.3, -0.25) is 9.79 Å². The molecule has 0 heterocycles. The van der Waals surface area contributed by atoms with Crippen molar-refractivity contribution in [2.45, 2.75) is 0 Å². The van der Waals surface area contributed by atoms with Gasteiger partial charge in [0, 0.05) is 12.6 Å². The van der Waals surface area contributed by atoms with Crippen LogP contribution in [0.3, 0.4) is 0 Å². The maximum atomic E-state index is 11.4. The topological polar surface area (TPSA) is 61.7 Å². The minimum Gasteiger partial charge on any atom is -0.506 e. The molecule has 0 radical (unpaired) electrons. The van der Waals surface area contributed by atoms with Crippen LogP contribution in [-0.2, 0) is 4.79 Å². The van der Waals surface area contributed by atoms with Crippen molar-refractivity contribution in [2.24, 2.45) is 4.99 Å². The Hall–Kier alpha value is -2.10. The Labute approximate surface area is 94.4 Å². The lowest BCUT2D eigenvalue weighted by molar-refractivity contribution is -0.109. The summed E-state index contributed by atoms with van der Waals surface area (Å²) >= 11 is 0. The second-order valence-electron chi connectivity index (χ2n) is 3.14. The summed E-state index contributed by atoms with van der Waals surface area (Å²) in [6.45, 7) is 7.96. The number of hydrogen-bond donors (Lipinski definition) is 2. The van der Waals surface area contributed by atoms with Gasteiger partial charge in [-0.25, -0.2) is 0 Å². The van der Waals surface area contributed by atoms with E-state index in [0.717, 1.165) is 6.08 Å². The first-order valence-electron chi connectivity index (χ1n) is 4.86. The monoisotopic (exact) mass is 218 g/mol. The standard InChI is InChI=1S/C12H14N2O2/c1-3-5-13-9-7-10(14-6-4-2)12(16)8-11(9)15/h3-4,7-8,13,15H,1-2,5-6H2. The molecule has 4 heteroatoms. The highest BCUT2D eigenvalue weighted by Crippen LogP contribution is 2.10. The summed E-state index contributed by atoms with van der Waals surface area (Å²) in [5.74, 6) is -0.382. The van der Waals surface area contributed by atoms with Gasteiger partial charge in [-0.15, -0.1) is 13.2 Å². The minimum absolute atomic E-state index is 0.0793. The summed E-state index contributed by atoms with van der Waals surface area (Å²) in [4.78, 5) is 15.5. The molecule has 0 bridgehead atoms. The molecule has 0 aromatic rings. The Morgan fingerprint density at radius 1 is 1.38 bits per heavy atom. The molecule has 0 spiro atoms. The molecule has 1 aliphatic carbocycles. The first-order valence-corrected chi connectivity index (χ1v) is 4.86. The van der Waals surface area contributed by atoms with Gasteiger partial charge in [0.1, 0.15) is 11.5 Å². The Bertz CT molecular complexity index is 403. The zero-order valence-corrected chi connectivity index (χ0v) is 8.94. The van der Waals surface area contributed by atoms with Crippen LogP contribution >= 0.6 is 0 Å². The Morgan fingerprint density at radius 2 is 2.12 bits per heavy atom. The Morgan fingerprint density at radius 3 is 2.75 bits per heavy atom. The Balaban J connectivity index is 2.89. The summed E-state index contributed by atoms with van der Waals surface area (Å²) in [5, 5.41) is 12.4. The van der Waals surface area contributed by atoms with Crippen molar-refractivity contribution in [3.05, 3.63) is 48.9 Å². The van der Waals surface area contributed by atoms with Gasteiger partial charge in [0.15, 0.2) is 0 Å². The van der Waals surface area contributed by atoms with Gasteiger partial charge >= 0.3 is 0 Å². The third kappa shape index (κ3) is 2.95. The van der Waals surface area contributed by atoms with Crippen LogP contribution in [0.2, 0.25) is 0 Å². The summed E-state index contributed by atoms with van der Waals surface area (Å²) in [6, 6.07) is 0. The first-order chi connectivity index (χ1) is 7.69. The largest absolute Gasteiger partial charge is 0.506 e. The van der Waals surface area contributed by atoms with Crippen LogP contribution < -0.4 is 5.32 Å². The molecule has 4 nitrogen and oxygen atoms in total. The molecule has 1 rings (SSSR count). The Kier molecular flexibility index (Phi) is 4.27. The molecule has 0 aromatic heterocycles. The molecule has 0 fully saturated rings. The molecular formula is C12H14N2O2. The van der Waals surface area contributed by atoms with Crippen molar-refractivity contribution in [1.29, 1.82) is 0 Å². The molecule has 0 unspecified atom stereocenters. The zero-order valence-electron chi connectivity index (χ0n) is 8.94. The van der Waals surface area contributed by atoms with E-state index in [1.807, 2.05) is 0 Å². The zero-order chi connectivity index (χ0) is 12.0. The summed E-state index contributed by atoms with van der Waals surface area (Å²) in [7, 11) is 0. The normalized spacial score (nSPS) is 17.8. The van der Waals surface area contributed by atoms with E-state index < -0.39 is 0 Å². The number of carbonyl (C=O) groups is 1. The molecule has 1 aliphatic rings. The number of allylic oxidation sites excluding steroid dienone is 2. The van der Waals surface area contributed by atoms with E-state index in [2.05, 4.69) is 23.5 Å². The predicted octanol–water partition coefficient (Wildman–Crippen LogP) is 1.30. The van der Waals surface area contributed by atoms with Crippen molar-refractivity contribution < 1.29 is 9.90 Å². The molecular weight excluding hydrogens is 204 g/mol. The molecule has 0 aliphatic heterocycles. The van der Waals surface area contributed by atoms with Crippen LogP contribution in [-0.4, -0.2) is 29.7 Å². The average molecular weight is 218 g/mol. The molecule has 0 aromatic carbocycles. The molecule has 0 saturated carbocycles. The molecule has 84 valence electrons. The van der Waals surface area contributed by atoms with Crippen molar-refractivity contribution >= 4 is 11.5 Å². The summed E-state index contributed by atoms with van der Waals surface area (Å²) in [6.07, 6.45) is 5.92. The lowest BCUT2D eigenvalue weighted by atomic mass is 10.1. The molecule has 0 amide bonds. The van der Waals surface area contributed by atoms with Crippen molar-refractivity contribution in [3.8, 4) is 0 Å². The highest BCUT2D eigenvalue weighted by molar-refractivity contribution is 6.49. The quantitative estimate of drug-likeness (QED) is 0.540. The smallest absolute Gasteiger partial charge is 0.207 e. The van der Waals surface area contributed by atoms with Crippen molar-refractivity contribution in [1.82, 2.24) is 5.32 Å². The van der Waals surface area contributed by atoms with Crippen LogP contribution in [0.5, 0.6) is 0 Å². The van der Waals surface area contributed by atoms with E-state index in [9.17, 15) is 9.90 Å². The number of aliphatic hydroxyl groups excluding tert-OH is 1. The fourth-order valence-corrected chi connectivity index (χ4v) is 1.17. The summed E-state index contributed by atoms with van der Waals surface area (Å²) in [5.41, 5.74) is 0.784. The van der Waals surface area contributed by atoms with Gasteiger partial charge in [0.05, 0.1) is 12.2 Å². The predicted molar refractivity (Wildman–Crippen MR) is 64.5 cm³/mol. The molecule has 16 heavy (non-hydrogen) atoms. The first kappa shape index (κ1) is 12.0. The number of nitrogens with one attached hydrogen (secondary N) is 1. The van der Waals surface area contributed by atoms with E-state index in [4.69, 9.17) is 0 Å². The van der Waals surface area contributed by atoms with E-state index in [1.165, 1.54) is 6.08 Å². The number of aliphatic imine (C=N–C) groups is 1. The number of aliphatic hydroxyl groups is 1. The lowest BCUT2D eigenvalue weighted by Gasteiger charge is -2.12. The van der Waals surface area contributed by atoms with Gasteiger partial charge in [-0.05, 0) is 6.08 Å². The number of carbonyl (C=O) groups excluding carboxylic acids is 1. The van der Waals surface area contributed by atoms with E-state index in [-0.39, 0.29) is 11.5 Å². The second-order valence-corrected chi connectivity index (χ2v) is 3.14. The minimum atomic E-state index is -0.302. The highest BCUT2D eigenvalue weighted by atomic mass is 16.3. The van der Waals surface area contributed by atoms with E-state index >= 15 is 0 Å². The second kappa shape index (κ2) is 5.70. The molecule has 0 atom stereocenters. The van der Waals surface area contributed by atoms with Gasteiger partial charge in [0.25, 0.3) is 0 Å². The van der Waals surface area contributed by atoms with E-state index in [0.29, 0.717) is 24.5 Å². The molecule has 2 N–H and O–H groups in total. The number of hydrogen-bond acceptors (Lipinski definition) is 4. The van der Waals surface area contributed by atoms with Gasteiger partial charge in [0.2, 0.25) is 5.78 Å². The lowest BCUT2D eigenvalue weighted by Crippen LogP contribution is -2.23. The fourth-order valence-electron chi connectivity index (χ4n) is 1.17. The van der Waals surface area contributed by atoms with Crippen LogP contribution in [0.25, 0.3) is 0 Å². The van der Waals surface area contributed by atoms with Crippen molar-refractivity contribution in [2.75, 3.05) is 13.1 Å². The van der Waals surface area contributed by atoms with Crippen molar-refractivity contribution in [3.63, 3.8) is 0 Å². The van der Waals surface area contributed by atoms with Crippen LogP contribution in [0, 0.1) is 0 Å². The summed E-state index contributed by atoms with van der Waals surface area (Å²) < 4.78 is 0. The maximum absolute atomic E-state index is 11.4. The van der Waals surface area contributed by atoms with Gasteiger partial charge in [-0.2, -0.15) is 0 Å². The number of ketones is 1. The molecule has 0 saturated heterocycles. The third-order valence-electron chi connectivity index (χ3n) is 1.90. The highest BCUT2D eigenvalue weighted by Gasteiger charge is 2.17. The SMILES string of the molecule is C=CCN=C1C=C(NCC=C)C(O)=CC1=O. The third-order valence-corrected chi connectivity index (χ3v) is 1.90. The van der Waals surface area contributed by atoms with Crippen LogP contribution in [0.15, 0.2) is 53.9 Å². The average Bonchev–Trinajstić information content (AvgIpc) is 2.26. The fraction of sp³-hybridized carbons (Fsp3) is 0.167. The van der Waals surface area contributed by atoms with E-state index in [1.54, 1.807) is 12.2 Å². The maximum Gasteiger partial charge on any atom is 0.207 e. The number of nitrogens with zero attached hydrogens (tertiary/aromatic N) is 1. The van der Waals surface area contributed by atoms with Gasteiger partial charge < -0.3 is 10.4 Å². The van der Waals surface area contributed by atoms with Crippen LogP contribution in [0.1, 0.15) is 0 Å².